The fourth-order valence-electron chi connectivity index (χ4n) is 4.48. The number of benzene rings is 2. The molecule has 3 aromatic rings. The number of anilines is 3. The van der Waals surface area contributed by atoms with Crippen molar-refractivity contribution in [3.8, 4) is 0 Å². The number of rotatable bonds is 6. The van der Waals surface area contributed by atoms with Gasteiger partial charge in [-0.05, 0) is 30.2 Å². The Bertz CT molecular complexity index is 1200. The predicted octanol–water partition coefficient (Wildman–Crippen LogP) is 3.95. The van der Waals surface area contributed by atoms with Gasteiger partial charge in [-0.1, -0.05) is 55.1 Å². The number of aromatic nitrogens is 2. The molecule has 2 aliphatic heterocycles. The van der Waals surface area contributed by atoms with E-state index in [0.717, 1.165) is 16.8 Å². The maximum atomic E-state index is 13.7. The minimum absolute atomic E-state index is 0.112. The number of hydrogen-bond donors (Lipinski definition) is 1. The molecule has 1 atom stereocenters. The summed E-state index contributed by atoms with van der Waals surface area (Å²) in [6.07, 6.45) is 3.78. The molecule has 172 valence electrons. The lowest BCUT2D eigenvalue weighted by Crippen LogP contribution is -2.52. The SMILES string of the molecule is C=CC(=O)N1CCC(N2C(=O)N(Cc3ccccc3)Cc3cnc(Nc4ccccc4)nc32)C1. The molecule has 0 radical (unpaired) electrons. The van der Waals surface area contributed by atoms with Crippen molar-refractivity contribution in [1.82, 2.24) is 19.8 Å². The lowest BCUT2D eigenvalue weighted by molar-refractivity contribution is -0.125. The van der Waals surface area contributed by atoms with Crippen LogP contribution in [0.4, 0.5) is 22.2 Å². The molecular weight excluding hydrogens is 428 g/mol. The fourth-order valence-corrected chi connectivity index (χ4v) is 4.48. The molecule has 1 saturated heterocycles. The van der Waals surface area contributed by atoms with Crippen LogP contribution in [0.5, 0.6) is 0 Å². The van der Waals surface area contributed by atoms with E-state index in [1.807, 2.05) is 65.6 Å². The number of para-hydroxylation sites is 1. The summed E-state index contributed by atoms with van der Waals surface area (Å²) in [7, 11) is 0. The zero-order valence-corrected chi connectivity index (χ0v) is 18.8. The van der Waals surface area contributed by atoms with Crippen molar-refractivity contribution in [2.24, 2.45) is 0 Å². The number of likely N-dealkylation sites (tertiary alicyclic amines) is 1. The summed E-state index contributed by atoms with van der Waals surface area (Å²) < 4.78 is 0. The first-order chi connectivity index (χ1) is 16.6. The van der Waals surface area contributed by atoms with Crippen LogP contribution >= 0.6 is 0 Å². The molecule has 2 aromatic carbocycles. The average Bonchev–Trinajstić information content (AvgIpc) is 3.35. The molecule has 0 bridgehead atoms. The highest BCUT2D eigenvalue weighted by Crippen LogP contribution is 2.33. The Kier molecular flexibility index (Phi) is 5.95. The van der Waals surface area contributed by atoms with Crippen molar-refractivity contribution >= 4 is 29.4 Å². The van der Waals surface area contributed by atoms with Gasteiger partial charge in [0.05, 0.1) is 12.6 Å². The Hall–Kier alpha value is -4.20. The quantitative estimate of drug-likeness (QED) is 0.571. The van der Waals surface area contributed by atoms with Crippen molar-refractivity contribution in [3.05, 3.63) is 90.6 Å². The van der Waals surface area contributed by atoms with E-state index in [1.165, 1.54) is 6.08 Å². The largest absolute Gasteiger partial charge is 0.337 e. The van der Waals surface area contributed by atoms with Crippen molar-refractivity contribution in [3.63, 3.8) is 0 Å². The van der Waals surface area contributed by atoms with Crippen LogP contribution in [-0.2, 0) is 17.9 Å². The molecule has 8 heteroatoms. The van der Waals surface area contributed by atoms with E-state index in [-0.39, 0.29) is 18.0 Å². The third kappa shape index (κ3) is 4.34. The fraction of sp³-hybridized carbons (Fsp3) is 0.231. The number of urea groups is 1. The van der Waals surface area contributed by atoms with Crippen molar-refractivity contribution < 1.29 is 9.59 Å². The van der Waals surface area contributed by atoms with Crippen LogP contribution in [0.1, 0.15) is 17.5 Å². The second-order valence-corrected chi connectivity index (χ2v) is 8.46. The van der Waals surface area contributed by atoms with E-state index in [1.54, 1.807) is 16.0 Å². The minimum Gasteiger partial charge on any atom is -0.337 e. The van der Waals surface area contributed by atoms with Crippen LogP contribution in [0.25, 0.3) is 0 Å². The molecule has 1 fully saturated rings. The standard InChI is InChI=1S/C26H26N6O2/c1-2-23(33)30-14-13-22(18-30)32-24-20(15-27-25(29-24)28-21-11-7-4-8-12-21)17-31(26(32)34)16-19-9-5-3-6-10-19/h2-12,15,22H,1,13-14,16-18H2,(H,27,28,29). The van der Waals surface area contributed by atoms with E-state index in [9.17, 15) is 9.59 Å². The molecule has 2 aliphatic rings. The third-order valence-electron chi connectivity index (χ3n) is 6.17. The van der Waals surface area contributed by atoms with Crippen LogP contribution in [0, 0.1) is 0 Å². The Morgan fingerprint density at radius 2 is 1.85 bits per heavy atom. The van der Waals surface area contributed by atoms with Gasteiger partial charge in [-0.2, -0.15) is 4.98 Å². The number of fused-ring (bicyclic) bond motifs is 1. The van der Waals surface area contributed by atoms with Crippen LogP contribution in [0.15, 0.2) is 79.5 Å². The molecule has 3 amide bonds. The summed E-state index contributed by atoms with van der Waals surface area (Å²) >= 11 is 0. The van der Waals surface area contributed by atoms with E-state index < -0.39 is 0 Å². The van der Waals surface area contributed by atoms with Gasteiger partial charge in [0.2, 0.25) is 11.9 Å². The van der Waals surface area contributed by atoms with Crippen LogP contribution in [0.2, 0.25) is 0 Å². The molecule has 5 rings (SSSR count). The highest BCUT2D eigenvalue weighted by Gasteiger charge is 2.40. The Morgan fingerprint density at radius 3 is 2.59 bits per heavy atom. The number of nitrogens with zero attached hydrogens (tertiary/aromatic N) is 5. The molecule has 1 unspecified atom stereocenters. The van der Waals surface area contributed by atoms with Crippen LogP contribution in [-0.4, -0.2) is 50.8 Å². The maximum Gasteiger partial charge on any atom is 0.326 e. The summed E-state index contributed by atoms with van der Waals surface area (Å²) in [4.78, 5) is 40.5. The first-order valence-corrected chi connectivity index (χ1v) is 11.3. The minimum atomic E-state index is -0.173. The van der Waals surface area contributed by atoms with Gasteiger partial charge in [0.15, 0.2) is 0 Å². The summed E-state index contributed by atoms with van der Waals surface area (Å²) in [6, 6.07) is 19.3. The second-order valence-electron chi connectivity index (χ2n) is 8.46. The zero-order valence-electron chi connectivity index (χ0n) is 18.8. The van der Waals surface area contributed by atoms with Crippen molar-refractivity contribution in [1.29, 1.82) is 0 Å². The number of carbonyl (C=O) groups excluding carboxylic acids is 2. The molecule has 8 nitrogen and oxygen atoms in total. The van der Waals surface area contributed by atoms with Gasteiger partial charge >= 0.3 is 6.03 Å². The molecule has 34 heavy (non-hydrogen) atoms. The summed E-state index contributed by atoms with van der Waals surface area (Å²) in [5.41, 5.74) is 2.80. The zero-order chi connectivity index (χ0) is 23.5. The lowest BCUT2D eigenvalue weighted by Gasteiger charge is -2.39. The number of carbonyl (C=O) groups is 2. The Labute approximate surface area is 198 Å². The highest BCUT2D eigenvalue weighted by molar-refractivity contribution is 5.95. The van der Waals surface area contributed by atoms with E-state index in [0.29, 0.717) is 44.4 Å². The van der Waals surface area contributed by atoms with Gasteiger partial charge in [-0.25, -0.2) is 9.78 Å². The molecule has 0 saturated carbocycles. The Balaban J connectivity index is 1.47. The van der Waals surface area contributed by atoms with Crippen molar-refractivity contribution in [2.75, 3.05) is 23.3 Å². The number of amides is 3. The third-order valence-corrected chi connectivity index (χ3v) is 6.17. The highest BCUT2D eigenvalue weighted by atomic mass is 16.2. The molecule has 3 heterocycles. The predicted molar refractivity (Wildman–Crippen MR) is 131 cm³/mol. The van der Waals surface area contributed by atoms with Gasteiger partial charge in [-0.3, -0.25) is 9.69 Å². The maximum absolute atomic E-state index is 13.7. The number of nitrogens with one attached hydrogen (secondary N) is 1. The number of hydrogen-bond acceptors (Lipinski definition) is 5. The van der Waals surface area contributed by atoms with Gasteiger partial charge < -0.3 is 15.1 Å². The first-order valence-electron chi connectivity index (χ1n) is 11.3. The molecule has 1 aromatic heterocycles. The van der Waals surface area contributed by atoms with E-state index in [2.05, 4.69) is 16.9 Å². The van der Waals surface area contributed by atoms with Crippen molar-refractivity contribution in [2.45, 2.75) is 25.6 Å². The summed E-state index contributed by atoms with van der Waals surface area (Å²) in [5.74, 6) is 0.902. The topological polar surface area (TPSA) is 81.7 Å². The first kappa shape index (κ1) is 21.6. The normalized spacial score (nSPS) is 17.5. The molecule has 0 aliphatic carbocycles. The van der Waals surface area contributed by atoms with Gasteiger partial charge in [-0.15, -0.1) is 0 Å². The smallest absolute Gasteiger partial charge is 0.326 e. The van der Waals surface area contributed by atoms with Crippen LogP contribution in [0.3, 0.4) is 0 Å². The molecule has 1 N–H and O–H groups in total. The second kappa shape index (κ2) is 9.35. The lowest BCUT2D eigenvalue weighted by atomic mass is 10.1. The van der Waals surface area contributed by atoms with Crippen LogP contribution < -0.4 is 10.2 Å². The molecular formula is C26H26N6O2. The van der Waals surface area contributed by atoms with Gasteiger partial charge in [0.25, 0.3) is 0 Å². The summed E-state index contributed by atoms with van der Waals surface area (Å²) in [5, 5.41) is 3.22. The Morgan fingerprint density at radius 1 is 1.12 bits per heavy atom. The van der Waals surface area contributed by atoms with E-state index in [4.69, 9.17) is 4.98 Å². The average molecular weight is 455 g/mol. The monoisotopic (exact) mass is 454 g/mol. The molecule has 0 spiro atoms. The van der Waals surface area contributed by atoms with E-state index >= 15 is 0 Å². The van der Waals surface area contributed by atoms with Gasteiger partial charge in [0, 0.05) is 37.1 Å². The summed E-state index contributed by atoms with van der Waals surface area (Å²) in [6.45, 7) is 5.53. The van der Waals surface area contributed by atoms with Gasteiger partial charge in [0.1, 0.15) is 5.82 Å².